The van der Waals surface area contributed by atoms with Gasteiger partial charge in [-0.2, -0.15) is 0 Å². The van der Waals surface area contributed by atoms with Crippen LogP contribution in [0.4, 0.5) is 0 Å². The standard InChI is InChI=1S/C23H29BrN2O4/c1-28-20-7-6-18(24)14-19(20)23(27)25-9-4-5-10-26-11-8-16-12-21(29-2)22(30-3)13-17(16)15-26/h6-7,12-14H,4-5,8-11,15H2,1-3H3,(H,25,27). The predicted molar refractivity (Wildman–Crippen MR) is 121 cm³/mol. The number of nitrogens with one attached hydrogen (secondary N) is 1. The van der Waals surface area contributed by atoms with Crippen molar-refractivity contribution in [1.82, 2.24) is 10.2 Å². The lowest BCUT2D eigenvalue weighted by atomic mass is 9.98. The van der Waals surface area contributed by atoms with Gasteiger partial charge in [0.05, 0.1) is 26.9 Å². The second-order valence-corrected chi connectivity index (χ2v) is 8.23. The van der Waals surface area contributed by atoms with Gasteiger partial charge in [-0.1, -0.05) is 15.9 Å². The predicted octanol–water partition coefficient (Wildman–Crippen LogP) is 4.04. The summed E-state index contributed by atoms with van der Waals surface area (Å²) in [6.07, 6.45) is 2.96. The number of carbonyl (C=O) groups excluding carboxylic acids is 1. The number of amides is 1. The minimum absolute atomic E-state index is 0.110. The second-order valence-electron chi connectivity index (χ2n) is 7.31. The Bertz CT molecular complexity index is 888. The molecule has 6 nitrogen and oxygen atoms in total. The first-order valence-corrected chi connectivity index (χ1v) is 10.9. The number of unbranched alkanes of at least 4 members (excludes halogenated alkanes) is 1. The number of nitrogens with zero attached hydrogens (tertiary/aromatic N) is 1. The summed E-state index contributed by atoms with van der Waals surface area (Å²) in [7, 11) is 4.91. The Kier molecular flexibility index (Phi) is 7.99. The number of methoxy groups -OCH3 is 3. The third-order valence-corrected chi connectivity index (χ3v) is 5.88. The van der Waals surface area contributed by atoms with Crippen molar-refractivity contribution < 1.29 is 19.0 Å². The van der Waals surface area contributed by atoms with Crippen LogP contribution in [0.2, 0.25) is 0 Å². The zero-order chi connectivity index (χ0) is 21.5. The molecule has 0 aromatic heterocycles. The van der Waals surface area contributed by atoms with Crippen LogP contribution in [0.1, 0.15) is 34.3 Å². The van der Waals surface area contributed by atoms with Gasteiger partial charge in [0.1, 0.15) is 5.75 Å². The molecule has 0 spiro atoms. The largest absolute Gasteiger partial charge is 0.496 e. The fraction of sp³-hybridized carbons (Fsp3) is 0.435. The maximum Gasteiger partial charge on any atom is 0.255 e. The minimum Gasteiger partial charge on any atom is -0.496 e. The molecule has 0 fully saturated rings. The quantitative estimate of drug-likeness (QED) is 0.553. The highest BCUT2D eigenvalue weighted by atomic mass is 79.9. The molecule has 0 unspecified atom stereocenters. The van der Waals surface area contributed by atoms with Gasteiger partial charge in [-0.25, -0.2) is 0 Å². The van der Waals surface area contributed by atoms with Crippen LogP contribution in [-0.2, 0) is 13.0 Å². The Morgan fingerprint density at radius 3 is 2.40 bits per heavy atom. The van der Waals surface area contributed by atoms with Gasteiger partial charge in [-0.3, -0.25) is 9.69 Å². The number of benzene rings is 2. The van der Waals surface area contributed by atoms with E-state index in [1.165, 1.54) is 11.1 Å². The molecule has 3 rings (SSSR count). The summed E-state index contributed by atoms with van der Waals surface area (Å²) in [5, 5.41) is 2.99. The van der Waals surface area contributed by atoms with E-state index in [-0.39, 0.29) is 5.91 Å². The molecule has 30 heavy (non-hydrogen) atoms. The van der Waals surface area contributed by atoms with Gasteiger partial charge in [0.15, 0.2) is 11.5 Å². The summed E-state index contributed by atoms with van der Waals surface area (Å²) < 4.78 is 17.0. The number of carbonyl (C=O) groups is 1. The Labute approximate surface area is 186 Å². The van der Waals surface area contributed by atoms with Gasteiger partial charge in [0, 0.05) is 24.1 Å². The average Bonchev–Trinajstić information content (AvgIpc) is 2.77. The molecule has 2 aromatic rings. The summed E-state index contributed by atoms with van der Waals surface area (Å²) in [6, 6.07) is 9.61. The van der Waals surface area contributed by atoms with Crippen molar-refractivity contribution in [2.45, 2.75) is 25.8 Å². The van der Waals surface area contributed by atoms with Gasteiger partial charge in [0.2, 0.25) is 0 Å². The van der Waals surface area contributed by atoms with Gasteiger partial charge < -0.3 is 19.5 Å². The zero-order valence-corrected chi connectivity index (χ0v) is 19.4. The molecule has 1 aliphatic rings. The van der Waals surface area contributed by atoms with E-state index in [1.54, 1.807) is 33.5 Å². The van der Waals surface area contributed by atoms with Crippen molar-refractivity contribution >= 4 is 21.8 Å². The van der Waals surface area contributed by atoms with Crippen LogP contribution in [0.3, 0.4) is 0 Å². The first-order chi connectivity index (χ1) is 14.5. The highest BCUT2D eigenvalue weighted by Crippen LogP contribution is 2.33. The molecular formula is C23H29BrN2O4. The van der Waals surface area contributed by atoms with E-state index in [1.807, 2.05) is 6.07 Å². The second kappa shape index (κ2) is 10.7. The fourth-order valence-corrected chi connectivity index (χ4v) is 4.11. The van der Waals surface area contributed by atoms with Gasteiger partial charge in [0.25, 0.3) is 5.91 Å². The van der Waals surface area contributed by atoms with Crippen LogP contribution in [-0.4, -0.2) is 51.8 Å². The third-order valence-electron chi connectivity index (χ3n) is 5.39. The Hall–Kier alpha value is -2.25. The molecule has 0 saturated carbocycles. The van der Waals surface area contributed by atoms with Crippen LogP contribution in [0.25, 0.3) is 0 Å². The van der Waals surface area contributed by atoms with Crippen LogP contribution in [0, 0.1) is 0 Å². The van der Waals surface area contributed by atoms with E-state index >= 15 is 0 Å². The van der Waals surface area contributed by atoms with E-state index in [0.717, 1.165) is 54.9 Å². The van der Waals surface area contributed by atoms with Crippen LogP contribution >= 0.6 is 15.9 Å². The average molecular weight is 477 g/mol. The van der Waals surface area contributed by atoms with Gasteiger partial charge in [-0.05, 0) is 67.3 Å². The summed E-state index contributed by atoms with van der Waals surface area (Å²) in [4.78, 5) is 14.9. The van der Waals surface area contributed by atoms with Crippen LogP contribution in [0.5, 0.6) is 17.2 Å². The highest BCUT2D eigenvalue weighted by molar-refractivity contribution is 9.10. The van der Waals surface area contributed by atoms with Crippen molar-refractivity contribution in [1.29, 1.82) is 0 Å². The van der Waals surface area contributed by atoms with Crippen LogP contribution < -0.4 is 19.5 Å². The van der Waals surface area contributed by atoms with Crippen LogP contribution in [0.15, 0.2) is 34.8 Å². The van der Waals surface area contributed by atoms with Crippen molar-refractivity contribution in [3.63, 3.8) is 0 Å². The normalized spacial score (nSPS) is 13.5. The first-order valence-electron chi connectivity index (χ1n) is 10.1. The van der Waals surface area contributed by atoms with Crippen molar-refractivity contribution in [3.05, 3.63) is 51.5 Å². The SMILES string of the molecule is COc1cc2c(cc1OC)CN(CCCCNC(=O)c1cc(Br)ccc1OC)CC2. The van der Waals surface area contributed by atoms with Gasteiger partial charge >= 0.3 is 0 Å². The molecule has 1 aliphatic heterocycles. The molecule has 0 atom stereocenters. The molecule has 162 valence electrons. The fourth-order valence-electron chi connectivity index (χ4n) is 3.75. The van der Waals surface area contributed by atoms with Crippen molar-refractivity contribution in [3.8, 4) is 17.2 Å². The molecule has 0 aliphatic carbocycles. The van der Waals surface area contributed by atoms with Gasteiger partial charge in [-0.15, -0.1) is 0 Å². The Morgan fingerprint density at radius 1 is 1.00 bits per heavy atom. The van der Waals surface area contributed by atoms with E-state index in [2.05, 4.69) is 38.3 Å². The smallest absolute Gasteiger partial charge is 0.255 e. The molecule has 1 amide bonds. The summed E-state index contributed by atoms with van der Waals surface area (Å²) in [6.45, 7) is 3.59. The molecule has 1 heterocycles. The molecule has 1 N–H and O–H groups in total. The first kappa shape index (κ1) is 22.4. The zero-order valence-electron chi connectivity index (χ0n) is 17.8. The molecule has 0 radical (unpaired) electrons. The third kappa shape index (κ3) is 5.46. The summed E-state index contributed by atoms with van der Waals surface area (Å²) in [5.41, 5.74) is 3.18. The molecular weight excluding hydrogens is 448 g/mol. The van der Waals surface area contributed by atoms with E-state index in [9.17, 15) is 4.79 Å². The van der Waals surface area contributed by atoms with E-state index in [4.69, 9.17) is 14.2 Å². The number of fused-ring (bicyclic) bond motifs is 1. The lowest BCUT2D eigenvalue weighted by molar-refractivity contribution is 0.0949. The minimum atomic E-state index is -0.110. The number of hydrogen-bond donors (Lipinski definition) is 1. The highest BCUT2D eigenvalue weighted by Gasteiger charge is 2.19. The van der Waals surface area contributed by atoms with Crippen molar-refractivity contribution in [2.75, 3.05) is 41.0 Å². The summed E-state index contributed by atoms with van der Waals surface area (Å²) >= 11 is 3.40. The molecule has 2 aromatic carbocycles. The number of hydrogen-bond acceptors (Lipinski definition) is 5. The summed E-state index contributed by atoms with van der Waals surface area (Å²) in [5.74, 6) is 2.04. The number of ether oxygens (including phenoxy) is 3. The molecule has 0 bridgehead atoms. The monoisotopic (exact) mass is 476 g/mol. The maximum absolute atomic E-state index is 12.4. The number of rotatable bonds is 9. The molecule has 0 saturated heterocycles. The Morgan fingerprint density at radius 2 is 1.70 bits per heavy atom. The lowest BCUT2D eigenvalue weighted by Gasteiger charge is -2.29. The van der Waals surface area contributed by atoms with E-state index < -0.39 is 0 Å². The van der Waals surface area contributed by atoms with Crippen molar-refractivity contribution in [2.24, 2.45) is 0 Å². The lowest BCUT2D eigenvalue weighted by Crippen LogP contribution is -2.32. The Balaban J connectivity index is 1.45. The number of halogens is 1. The molecule has 7 heteroatoms. The topological polar surface area (TPSA) is 60.0 Å². The van der Waals surface area contributed by atoms with E-state index in [0.29, 0.717) is 17.9 Å². The maximum atomic E-state index is 12.4.